The fourth-order valence-electron chi connectivity index (χ4n) is 0.992. The summed E-state index contributed by atoms with van der Waals surface area (Å²) < 4.78 is 0.693. The molecule has 90 valence electrons. The van der Waals surface area contributed by atoms with Crippen LogP contribution in [0.25, 0.3) is 0 Å². The molecule has 5 nitrogen and oxygen atoms in total. The van der Waals surface area contributed by atoms with Crippen molar-refractivity contribution in [2.45, 2.75) is 39.3 Å². The summed E-state index contributed by atoms with van der Waals surface area (Å²) in [5.74, 6) is -0.0566. The lowest BCUT2D eigenvalue weighted by Gasteiger charge is -2.23. The number of hydrogen-bond donors (Lipinski definition) is 2. The quantitative estimate of drug-likeness (QED) is 0.896. The molecule has 0 radical (unpaired) electrons. The van der Waals surface area contributed by atoms with Crippen molar-refractivity contribution in [3.05, 3.63) is 3.92 Å². The van der Waals surface area contributed by atoms with E-state index in [-0.39, 0.29) is 17.5 Å². The Kier molecular flexibility index (Phi) is 4.26. The topological polar surface area (TPSA) is 66.9 Å². The predicted octanol–water partition coefficient (Wildman–Crippen LogP) is 2.02. The summed E-state index contributed by atoms with van der Waals surface area (Å²) in [4.78, 5) is 11.7. The fourth-order valence-corrected chi connectivity index (χ4v) is 2.09. The molecule has 1 unspecified atom stereocenters. The van der Waals surface area contributed by atoms with Crippen molar-refractivity contribution in [3.8, 4) is 0 Å². The lowest BCUT2D eigenvalue weighted by molar-refractivity contribution is -0.122. The van der Waals surface area contributed by atoms with Crippen LogP contribution in [0.2, 0.25) is 0 Å². The minimum Gasteiger partial charge on any atom is -0.350 e. The molecular formula is C9H15BrN4OS. The van der Waals surface area contributed by atoms with Crippen LogP contribution in [0.1, 0.15) is 27.7 Å². The van der Waals surface area contributed by atoms with Gasteiger partial charge in [0, 0.05) is 5.54 Å². The number of nitrogens with one attached hydrogen (secondary N) is 2. The summed E-state index contributed by atoms with van der Waals surface area (Å²) in [6.07, 6.45) is 0. The first kappa shape index (κ1) is 13.4. The molecule has 1 amide bonds. The highest BCUT2D eigenvalue weighted by Gasteiger charge is 2.19. The van der Waals surface area contributed by atoms with Crippen LogP contribution in [-0.4, -0.2) is 27.7 Å². The monoisotopic (exact) mass is 306 g/mol. The number of amides is 1. The molecule has 1 heterocycles. The normalized spacial score (nSPS) is 13.3. The van der Waals surface area contributed by atoms with Gasteiger partial charge in [-0.25, -0.2) is 0 Å². The second-order valence-corrected chi connectivity index (χ2v) is 6.72. The van der Waals surface area contributed by atoms with Gasteiger partial charge in [-0.2, -0.15) is 0 Å². The zero-order valence-corrected chi connectivity index (χ0v) is 12.1. The smallest absolute Gasteiger partial charge is 0.242 e. The van der Waals surface area contributed by atoms with E-state index in [2.05, 4.69) is 36.8 Å². The van der Waals surface area contributed by atoms with Crippen molar-refractivity contribution in [2.24, 2.45) is 0 Å². The van der Waals surface area contributed by atoms with Crippen LogP contribution in [0, 0.1) is 0 Å². The molecule has 0 fully saturated rings. The first-order valence-corrected chi connectivity index (χ1v) is 6.46. The summed E-state index contributed by atoms with van der Waals surface area (Å²) in [6.45, 7) is 7.62. The second kappa shape index (κ2) is 5.09. The number of hydrogen-bond acceptors (Lipinski definition) is 5. The van der Waals surface area contributed by atoms with Gasteiger partial charge in [0.1, 0.15) is 6.04 Å². The lowest BCUT2D eigenvalue weighted by Crippen LogP contribution is -2.47. The van der Waals surface area contributed by atoms with E-state index in [1.165, 1.54) is 11.3 Å². The maximum atomic E-state index is 11.7. The average molecular weight is 307 g/mol. The van der Waals surface area contributed by atoms with Gasteiger partial charge >= 0.3 is 0 Å². The van der Waals surface area contributed by atoms with E-state index in [0.717, 1.165) is 0 Å². The number of carbonyl (C=O) groups excluding carboxylic acids is 1. The van der Waals surface area contributed by atoms with Gasteiger partial charge < -0.3 is 10.6 Å². The van der Waals surface area contributed by atoms with Crippen LogP contribution in [0.3, 0.4) is 0 Å². The second-order valence-electron chi connectivity index (χ2n) is 4.47. The Labute approximate surface area is 107 Å². The molecule has 0 saturated carbocycles. The van der Waals surface area contributed by atoms with Crippen LogP contribution < -0.4 is 10.6 Å². The van der Waals surface area contributed by atoms with Gasteiger partial charge in [-0.05, 0) is 43.6 Å². The third-order valence-electron chi connectivity index (χ3n) is 1.63. The van der Waals surface area contributed by atoms with Crippen LogP contribution in [0.5, 0.6) is 0 Å². The number of rotatable bonds is 3. The number of carbonyl (C=O) groups is 1. The van der Waals surface area contributed by atoms with Crippen LogP contribution >= 0.6 is 27.3 Å². The Morgan fingerprint density at radius 1 is 1.44 bits per heavy atom. The van der Waals surface area contributed by atoms with E-state index in [1.54, 1.807) is 6.92 Å². The molecule has 1 atom stereocenters. The van der Waals surface area contributed by atoms with Gasteiger partial charge in [0.2, 0.25) is 11.0 Å². The fraction of sp³-hybridized carbons (Fsp3) is 0.667. The first-order valence-electron chi connectivity index (χ1n) is 4.85. The van der Waals surface area contributed by atoms with Gasteiger partial charge in [-0.15, -0.1) is 10.2 Å². The molecule has 0 aliphatic heterocycles. The molecule has 0 aliphatic rings. The number of anilines is 1. The highest BCUT2D eigenvalue weighted by Crippen LogP contribution is 2.20. The Morgan fingerprint density at radius 2 is 2.06 bits per heavy atom. The van der Waals surface area contributed by atoms with E-state index < -0.39 is 0 Å². The maximum absolute atomic E-state index is 11.7. The molecule has 0 bridgehead atoms. The van der Waals surface area contributed by atoms with E-state index in [0.29, 0.717) is 9.05 Å². The molecule has 1 rings (SSSR count). The first-order chi connectivity index (χ1) is 7.28. The minimum atomic E-state index is -0.334. The van der Waals surface area contributed by atoms with Crippen molar-refractivity contribution in [2.75, 3.05) is 5.32 Å². The Balaban J connectivity index is 2.52. The number of nitrogens with zero attached hydrogens (tertiary/aromatic N) is 2. The van der Waals surface area contributed by atoms with E-state index in [4.69, 9.17) is 0 Å². The zero-order valence-electron chi connectivity index (χ0n) is 9.67. The minimum absolute atomic E-state index is 0.0566. The van der Waals surface area contributed by atoms with Crippen LogP contribution in [-0.2, 0) is 4.79 Å². The Bertz CT molecular complexity index is 374. The standard InChI is InChI=1S/C9H15BrN4OS/c1-5(6(15)12-9(2,3)4)11-8-14-13-7(10)16-8/h5H,1-4H3,(H,11,14)(H,12,15). The molecule has 2 N–H and O–H groups in total. The molecule has 1 aromatic rings. The zero-order chi connectivity index (χ0) is 12.3. The molecule has 0 aromatic carbocycles. The lowest BCUT2D eigenvalue weighted by atomic mass is 10.1. The predicted molar refractivity (Wildman–Crippen MR) is 68.6 cm³/mol. The highest BCUT2D eigenvalue weighted by atomic mass is 79.9. The largest absolute Gasteiger partial charge is 0.350 e. The van der Waals surface area contributed by atoms with Gasteiger partial charge in [0.25, 0.3) is 0 Å². The number of halogens is 1. The molecule has 0 saturated heterocycles. The van der Waals surface area contributed by atoms with E-state index >= 15 is 0 Å². The summed E-state index contributed by atoms with van der Waals surface area (Å²) >= 11 is 4.57. The molecular weight excluding hydrogens is 292 g/mol. The number of aromatic nitrogens is 2. The average Bonchev–Trinajstić information content (AvgIpc) is 2.48. The third-order valence-corrected chi connectivity index (χ3v) is 2.92. The maximum Gasteiger partial charge on any atom is 0.242 e. The van der Waals surface area contributed by atoms with Crippen molar-refractivity contribution in [3.63, 3.8) is 0 Å². The summed E-state index contributed by atoms with van der Waals surface area (Å²) in [5.41, 5.74) is -0.227. The van der Waals surface area contributed by atoms with Crippen molar-refractivity contribution >= 4 is 38.3 Å². The van der Waals surface area contributed by atoms with Crippen molar-refractivity contribution in [1.29, 1.82) is 0 Å². The highest BCUT2D eigenvalue weighted by molar-refractivity contribution is 9.11. The van der Waals surface area contributed by atoms with E-state index in [9.17, 15) is 4.79 Å². The van der Waals surface area contributed by atoms with Crippen LogP contribution in [0.15, 0.2) is 3.92 Å². The van der Waals surface area contributed by atoms with Gasteiger partial charge in [-0.1, -0.05) is 11.3 Å². The summed E-state index contributed by atoms with van der Waals surface area (Å²) in [5, 5.41) is 14.2. The summed E-state index contributed by atoms with van der Waals surface area (Å²) in [6, 6.07) is -0.334. The van der Waals surface area contributed by atoms with Gasteiger partial charge in [-0.3, -0.25) is 4.79 Å². The van der Waals surface area contributed by atoms with E-state index in [1.807, 2.05) is 20.8 Å². The molecule has 0 spiro atoms. The van der Waals surface area contributed by atoms with Crippen molar-refractivity contribution < 1.29 is 4.79 Å². The third kappa shape index (κ3) is 4.44. The Morgan fingerprint density at radius 3 is 2.50 bits per heavy atom. The molecule has 0 aliphatic carbocycles. The molecule has 7 heteroatoms. The van der Waals surface area contributed by atoms with Crippen molar-refractivity contribution in [1.82, 2.24) is 15.5 Å². The van der Waals surface area contributed by atoms with Crippen LogP contribution in [0.4, 0.5) is 5.13 Å². The summed E-state index contributed by atoms with van der Waals surface area (Å²) in [7, 11) is 0. The molecule has 16 heavy (non-hydrogen) atoms. The van der Waals surface area contributed by atoms with Gasteiger partial charge in [0.05, 0.1) is 0 Å². The Hall–Kier alpha value is -0.690. The molecule has 1 aromatic heterocycles. The SMILES string of the molecule is CC(Nc1nnc(Br)s1)C(=O)NC(C)(C)C. The van der Waals surface area contributed by atoms with Gasteiger partial charge in [0.15, 0.2) is 3.92 Å².